The number of carbonyl (C=O) groups is 1. The van der Waals surface area contributed by atoms with Crippen LogP contribution in [0, 0.1) is 26.6 Å². The van der Waals surface area contributed by atoms with E-state index in [0.29, 0.717) is 43.7 Å². The second-order valence-corrected chi connectivity index (χ2v) is 7.25. The van der Waals surface area contributed by atoms with Crippen LogP contribution in [0.3, 0.4) is 0 Å². The Kier molecular flexibility index (Phi) is 4.75. The lowest BCUT2D eigenvalue weighted by atomic mass is 10.0. The number of aryl methyl sites for hydroxylation is 2. The number of aromatic nitrogens is 3. The molecule has 0 unspecified atom stereocenters. The molecule has 2 aromatic heterocycles. The summed E-state index contributed by atoms with van der Waals surface area (Å²) in [5.74, 6) is 0.440. The van der Waals surface area contributed by atoms with Crippen molar-refractivity contribution in [1.82, 2.24) is 19.8 Å². The lowest BCUT2D eigenvalue weighted by Crippen LogP contribution is -2.36. The number of hydrogen-bond acceptors (Lipinski definition) is 4. The van der Waals surface area contributed by atoms with Gasteiger partial charge in [-0.2, -0.15) is 5.10 Å². The van der Waals surface area contributed by atoms with E-state index in [9.17, 15) is 9.18 Å². The van der Waals surface area contributed by atoms with Crippen LogP contribution in [0.5, 0.6) is 0 Å². The minimum atomic E-state index is -0.345. The highest BCUT2D eigenvalue weighted by Crippen LogP contribution is 2.31. The Morgan fingerprint density at radius 3 is 2.75 bits per heavy atom. The molecular formula is C21H23FN4O2. The van der Waals surface area contributed by atoms with Crippen LogP contribution in [0.15, 0.2) is 28.8 Å². The Morgan fingerprint density at radius 1 is 1.25 bits per heavy atom. The zero-order valence-electron chi connectivity index (χ0n) is 16.3. The number of nitrogens with zero attached hydrogens (tertiary/aromatic N) is 4. The van der Waals surface area contributed by atoms with Gasteiger partial charge in [-0.1, -0.05) is 17.3 Å². The number of rotatable bonds is 4. The van der Waals surface area contributed by atoms with Gasteiger partial charge in [0.05, 0.1) is 12.2 Å². The van der Waals surface area contributed by atoms with Crippen LogP contribution in [0.1, 0.15) is 34.7 Å². The van der Waals surface area contributed by atoms with E-state index in [1.807, 2.05) is 25.5 Å². The van der Waals surface area contributed by atoms with Crippen LogP contribution < -0.4 is 0 Å². The zero-order chi connectivity index (χ0) is 19.8. The molecule has 28 heavy (non-hydrogen) atoms. The molecule has 1 aromatic carbocycles. The molecule has 0 fully saturated rings. The molecule has 0 saturated carbocycles. The van der Waals surface area contributed by atoms with Gasteiger partial charge < -0.3 is 9.42 Å². The number of hydrogen-bond donors (Lipinski definition) is 0. The maximum Gasteiger partial charge on any atom is 0.224 e. The van der Waals surface area contributed by atoms with E-state index in [2.05, 4.69) is 10.3 Å². The second kappa shape index (κ2) is 7.22. The average molecular weight is 382 g/mol. The van der Waals surface area contributed by atoms with Crippen LogP contribution >= 0.6 is 0 Å². The van der Waals surface area contributed by atoms with Gasteiger partial charge >= 0.3 is 0 Å². The van der Waals surface area contributed by atoms with Crippen molar-refractivity contribution in [2.45, 2.75) is 46.7 Å². The first-order valence-electron chi connectivity index (χ1n) is 9.46. The summed E-state index contributed by atoms with van der Waals surface area (Å²) in [6.07, 6.45) is 0.957. The third-order valence-electron chi connectivity index (χ3n) is 5.59. The topological polar surface area (TPSA) is 64.2 Å². The van der Waals surface area contributed by atoms with Crippen LogP contribution in [0.2, 0.25) is 0 Å². The van der Waals surface area contributed by atoms with Crippen molar-refractivity contribution in [3.05, 3.63) is 58.4 Å². The lowest BCUT2D eigenvalue weighted by Gasteiger charge is -2.26. The van der Waals surface area contributed by atoms with Gasteiger partial charge in [0.25, 0.3) is 0 Å². The van der Waals surface area contributed by atoms with Crippen molar-refractivity contribution in [2.75, 3.05) is 6.54 Å². The molecule has 3 heterocycles. The van der Waals surface area contributed by atoms with Crippen molar-refractivity contribution in [3.8, 4) is 11.3 Å². The number of fused-ring (bicyclic) bond motifs is 1. The molecule has 146 valence electrons. The molecule has 0 radical (unpaired) electrons. The Balaban J connectivity index is 1.49. The monoisotopic (exact) mass is 382 g/mol. The summed E-state index contributed by atoms with van der Waals surface area (Å²) >= 11 is 0. The van der Waals surface area contributed by atoms with E-state index in [1.165, 1.54) is 6.07 Å². The van der Waals surface area contributed by atoms with E-state index < -0.39 is 0 Å². The first kappa shape index (κ1) is 18.4. The highest BCUT2D eigenvalue weighted by molar-refractivity contribution is 5.77. The Labute approximate surface area is 162 Å². The molecule has 1 aliphatic heterocycles. The maximum atomic E-state index is 14.2. The smallest absolute Gasteiger partial charge is 0.224 e. The largest absolute Gasteiger partial charge is 0.360 e. The average Bonchev–Trinajstić information content (AvgIpc) is 3.22. The van der Waals surface area contributed by atoms with E-state index in [-0.39, 0.29) is 11.7 Å². The first-order chi connectivity index (χ1) is 13.5. The van der Waals surface area contributed by atoms with Gasteiger partial charge in [0, 0.05) is 42.8 Å². The summed E-state index contributed by atoms with van der Waals surface area (Å²) in [7, 11) is 0. The lowest BCUT2D eigenvalue weighted by molar-refractivity contribution is -0.132. The van der Waals surface area contributed by atoms with E-state index in [4.69, 9.17) is 4.52 Å². The van der Waals surface area contributed by atoms with Gasteiger partial charge in [-0.3, -0.25) is 9.48 Å². The quantitative estimate of drug-likeness (QED) is 0.692. The van der Waals surface area contributed by atoms with Gasteiger partial charge in [-0.15, -0.1) is 0 Å². The zero-order valence-corrected chi connectivity index (χ0v) is 16.3. The predicted molar refractivity (Wildman–Crippen MR) is 102 cm³/mol. The summed E-state index contributed by atoms with van der Waals surface area (Å²) in [5, 5.41) is 8.57. The Bertz CT molecular complexity index is 1040. The summed E-state index contributed by atoms with van der Waals surface area (Å²) in [6.45, 7) is 7.55. The van der Waals surface area contributed by atoms with E-state index in [0.717, 1.165) is 28.3 Å². The van der Waals surface area contributed by atoms with Crippen molar-refractivity contribution in [3.63, 3.8) is 0 Å². The highest BCUT2D eigenvalue weighted by atomic mass is 19.1. The molecule has 0 saturated heterocycles. The summed E-state index contributed by atoms with van der Waals surface area (Å²) < 4.78 is 21.5. The summed E-state index contributed by atoms with van der Waals surface area (Å²) in [6, 6.07) is 6.49. The predicted octanol–water partition coefficient (Wildman–Crippen LogP) is 3.58. The van der Waals surface area contributed by atoms with Crippen molar-refractivity contribution < 1.29 is 13.7 Å². The maximum absolute atomic E-state index is 14.2. The van der Waals surface area contributed by atoms with E-state index in [1.54, 1.807) is 23.1 Å². The molecular weight excluding hydrogens is 359 g/mol. The van der Waals surface area contributed by atoms with Crippen LogP contribution in [0.25, 0.3) is 11.3 Å². The molecule has 3 aromatic rings. The number of halogens is 1. The molecule has 0 spiro atoms. The third-order valence-corrected chi connectivity index (χ3v) is 5.59. The standard InChI is InChI=1S/C21H23FN4O2/c1-13-14(2)23-26(15(13)3)11-9-20(27)25-10-8-19-17(12-25)21(24-28-19)16-6-4-5-7-18(16)22/h4-7H,8-12H2,1-3H3. The SMILES string of the molecule is Cc1nn(CCC(=O)N2CCc3onc(-c4ccccc4F)c3C2)c(C)c1C. The Morgan fingerprint density at radius 2 is 2.04 bits per heavy atom. The molecule has 6 nitrogen and oxygen atoms in total. The van der Waals surface area contributed by atoms with Gasteiger partial charge in [0.1, 0.15) is 17.3 Å². The molecule has 1 amide bonds. The van der Waals surface area contributed by atoms with Crippen molar-refractivity contribution in [2.24, 2.45) is 0 Å². The molecule has 0 bridgehead atoms. The number of amides is 1. The molecule has 4 rings (SSSR count). The van der Waals surface area contributed by atoms with E-state index >= 15 is 0 Å². The highest BCUT2D eigenvalue weighted by Gasteiger charge is 2.28. The van der Waals surface area contributed by atoms with Crippen molar-refractivity contribution in [1.29, 1.82) is 0 Å². The van der Waals surface area contributed by atoms with Crippen LogP contribution in [-0.4, -0.2) is 32.3 Å². The van der Waals surface area contributed by atoms with Crippen LogP contribution in [0.4, 0.5) is 4.39 Å². The normalized spacial score (nSPS) is 13.6. The molecule has 0 aliphatic carbocycles. The second-order valence-electron chi connectivity index (χ2n) is 7.25. The minimum absolute atomic E-state index is 0.0524. The fourth-order valence-corrected chi connectivity index (χ4v) is 3.65. The fraction of sp³-hybridized carbons (Fsp3) is 0.381. The fourth-order valence-electron chi connectivity index (χ4n) is 3.65. The molecule has 1 aliphatic rings. The first-order valence-corrected chi connectivity index (χ1v) is 9.46. The van der Waals surface area contributed by atoms with Gasteiger partial charge in [0.2, 0.25) is 5.91 Å². The van der Waals surface area contributed by atoms with Gasteiger partial charge in [-0.05, 0) is 38.5 Å². The van der Waals surface area contributed by atoms with Crippen molar-refractivity contribution >= 4 is 5.91 Å². The minimum Gasteiger partial charge on any atom is -0.360 e. The Hall–Kier alpha value is -2.96. The summed E-state index contributed by atoms with van der Waals surface area (Å²) in [4.78, 5) is 14.6. The number of benzene rings is 1. The molecule has 0 atom stereocenters. The van der Waals surface area contributed by atoms with Crippen LogP contribution in [-0.2, 0) is 24.3 Å². The third kappa shape index (κ3) is 3.21. The van der Waals surface area contributed by atoms with Gasteiger partial charge in [-0.25, -0.2) is 4.39 Å². The number of carbonyl (C=O) groups excluding carboxylic acids is 1. The molecule has 0 N–H and O–H groups in total. The molecule has 7 heteroatoms. The summed E-state index contributed by atoms with van der Waals surface area (Å²) in [5.41, 5.74) is 4.93. The van der Waals surface area contributed by atoms with Gasteiger partial charge in [0.15, 0.2) is 0 Å².